The van der Waals surface area contributed by atoms with Crippen LogP contribution < -0.4 is 0 Å². The summed E-state index contributed by atoms with van der Waals surface area (Å²) in [5.41, 5.74) is 2.33. The van der Waals surface area contributed by atoms with Gasteiger partial charge in [0.25, 0.3) is 0 Å². The van der Waals surface area contributed by atoms with Crippen molar-refractivity contribution < 1.29 is 0 Å². The van der Waals surface area contributed by atoms with E-state index in [9.17, 15) is 0 Å². The fourth-order valence-corrected chi connectivity index (χ4v) is 2.57. The van der Waals surface area contributed by atoms with E-state index in [1.807, 2.05) is 6.07 Å². The van der Waals surface area contributed by atoms with Gasteiger partial charge in [-0.25, -0.2) is 14.6 Å². The summed E-state index contributed by atoms with van der Waals surface area (Å²) in [5, 5.41) is 7.29. The first kappa shape index (κ1) is 11.1. The van der Waals surface area contributed by atoms with Crippen LogP contribution in [0.15, 0.2) is 48.4 Å². The fourth-order valence-electron chi connectivity index (χ4n) is 1.75. The van der Waals surface area contributed by atoms with E-state index in [2.05, 4.69) is 44.7 Å². The third-order valence-corrected chi connectivity index (χ3v) is 3.49. The molecule has 5 heteroatoms. The summed E-state index contributed by atoms with van der Waals surface area (Å²) < 4.78 is 1.78. The van der Waals surface area contributed by atoms with E-state index in [1.54, 1.807) is 22.3 Å². The second kappa shape index (κ2) is 5.10. The second-order valence-electron chi connectivity index (χ2n) is 3.99. The van der Waals surface area contributed by atoms with Crippen LogP contribution in [0.1, 0.15) is 16.3 Å². The Morgan fingerprint density at radius 2 is 2.06 bits per heavy atom. The van der Waals surface area contributed by atoms with Crippen LogP contribution in [0.5, 0.6) is 0 Å². The Bertz CT molecular complexity index is 601. The number of aromatic nitrogens is 4. The van der Waals surface area contributed by atoms with Gasteiger partial charge in [0.1, 0.15) is 12.7 Å². The Labute approximate surface area is 109 Å². The van der Waals surface area contributed by atoms with Crippen molar-refractivity contribution in [1.82, 2.24) is 19.7 Å². The van der Waals surface area contributed by atoms with E-state index in [4.69, 9.17) is 0 Å². The van der Waals surface area contributed by atoms with Crippen LogP contribution >= 0.6 is 11.3 Å². The molecule has 0 unspecified atom stereocenters. The first-order valence-electron chi connectivity index (χ1n) is 5.70. The molecule has 0 amide bonds. The lowest BCUT2D eigenvalue weighted by Crippen LogP contribution is -2.00. The number of hydrogen-bond acceptors (Lipinski definition) is 4. The number of hydrogen-bond donors (Lipinski definition) is 0. The number of rotatable bonds is 4. The SMILES string of the molecule is c1ccc(Cc2nc(Cn3cncn3)cs2)cc1. The van der Waals surface area contributed by atoms with Gasteiger partial charge in [-0.15, -0.1) is 11.3 Å². The van der Waals surface area contributed by atoms with E-state index < -0.39 is 0 Å². The predicted molar refractivity (Wildman–Crippen MR) is 70.5 cm³/mol. The van der Waals surface area contributed by atoms with Gasteiger partial charge in [0.2, 0.25) is 0 Å². The highest BCUT2D eigenvalue weighted by molar-refractivity contribution is 7.09. The highest BCUT2D eigenvalue weighted by atomic mass is 32.1. The van der Waals surface area contributed by atoms with Gasteiger partial charge in [-0.2, -0.15) is 5.10 Å². The van der Waals surface area contributed by atoms with Crippen LogP contribution in [-0.4, -0.2) is 19.7 Å². The fraction of sp³-hybridized carbons (Fsp3) is 0.154. The molecule has 90 valence electrons. The van der Waals surface area contributed by atoms with Crippen LogP contribution in [-0.2, 0) is 13.0 Å². The molecule has 0 aliphatic rings. The molecular weight excluding hydrogens is 244 g/mol. The summed E-state index contributed by atoms with van der Waals surface area (Å²) >= 11 is 1.69. The lowest BCUT2D eigenvalue weighted by atomic mass is 10.2. The van der Waals surface area contributed by atoms with Crippen LogP contribution in [0.25, 0.3) is 0 Å². The van der Waals surface area contributed by atoms with Crippen molar-refractivity contribution in [3.05, 3.63) is 64.6 Å². The first-order valence-corrected chi connectivity index (χ1v) is 6.58. The molecule has 0 saturated carbocycles. The molecule has 0 atom stereocenters. The summed E-state index contributed by atoms with van der Waals surface area (Å²) in [6.45, 7) is 0.686. The molecule has 3 rings (SSSR count). The van der Waals surface area contributed by atoms with Gasteiger partial charge >= 0.3 is 0 Å². The quantitative estimate of drug-likeness (QED) is 0.720. The topological polar surface area (TPSA) is 43.6 Å². The van der Waals surface area contributed by atoms with E-state index in [-0.39, 0.29) is 0 Å². The van der Waals surface area contributed by atoms with E-state index >= 15 is 0 Å². The van der Waals surface area contributed by atoms with E-state index in [0.29, 0.717) is 6.54 Å². The smallest absolute Gasteiger partial charge is 0.137 e. The van der Waals surface area contributed by atoms with Gasteiger partial charge in [-0.3, -0.25) is 0 Å². The molecule has 18 heavy (non-hydrogen) atoms. The van der Waals surface area contributed by atoms with Crippen molar-refractivity contribution in [1.29, 1.82) is 0 Å². The van der Waals surface area contributed by atoms with Crippen molar-refractivity contribution in [3.8, 4) is 0 Å². The van der Waals surface area contributed by atoms with Crippen LogP contribution in [0.2, 0.25) is 0 Å². The predicted octanol–water partition coefficient (Wildman–Crippen LogP) is 2.37. The molecule has 0 bridgehead atoms. The first-order chi connectivity index (χ1) is 8.90. The van der Waals surface area contributed by atoms with Gasteiger partial charge in [-0.1, -0.05) is 30.3 Å². The molecule has 2 aromatic heterocycles. The zero-order chi connectivity index (χ0) is 12.2. The third-order valence-electron chi connectivity index (χ3n) is 2.59. The van der Waals surface area contributed by atoms with E-state index in [1.165, 1.54) is 11.9 Å². The average Bonchev–Trinajstić information content (AvgIpc) is 3.03. The largest absolute Gasteiger partial charge is 0.247 e. The van der Waals surface area contributed by atoms with Crippen molar-refractivity contribution >= 4 is 11.3 Å². The van der Waals surface area contributed by atoms with Crippen molar-refractivity contribution in [3.63, 3.8) is 0 Å². The monoisotopic (exact) mass is 256 g/mol. The number of thiazole rings is 1. The summed E-state index contributed by atoms with van der Waals surface area (Å²) in [7, 11) is 0. The van der Waals surface area contributed by atoms with Crippen molar-refractivity contribution in [2.75, 3.05) is 0 Å². The lowest BCUT2D eigenvalue weighted by molar-refractivity contribution is 0.672. The van der Waals surface area contributed by atoms with Crippen molar-refractivity contribution in [2.45, 2.75) is 13.0 Å². The molecule has 0 spiro atoms. The van der Waals surface area contributed by atoms with E-state index in [0.717, 1.165) is 17.1 Å². The minimum absolute atomic E-state index is 0.686. The third kappa shape index (κ3) is 2.62. The number of nitrogens with zero attached hydrogens (tertiary/aromatic N) is 4. The molecular formula is C13H12N4S. The molecule has 2 heterocycles. The summed E-state index contributed by atoms with van der Waals surface area (Å²) in [5.74, 6) is 0. The maximum absolute atomic E-state index is 4.61. The summed E-state index contributed by atoms with van der Waals surface area (Å²) in [4.78, 5) is 8.53. The molecule has 0 aliphatic heterocycles. The lowest BCUT2D eigenvalue weighted by Gasteiger charge is -1.97. The van der Waals surface area contributed by atoms with Crippen LogP contribution in [0.3, 0.4) is 0 Å². The molecule has 0 N–H and O–H groups in total. The minimum Gasteiger partial charge on any atom is -0.247 e. The number of benzene rings is 1. The zero-order valence-electron chi connectivity index (χ0n) is 9.73. The molecule has 0 fully saturated rings. The minimum atomic E-state index is 0.686. The molecule has 1 aromatic carbocycles. The maximum atomic E-state index is 4.61. The normalized spacial score (nSPS) is 10.7. The highest BCUT2D eigenvalue weighted by Crippen LogP contribution is 2.15. The Morgan fingerprint density at radius 3 is 2.83 bits per heavy atom. The van der Waals surface area contributed by atoms with Gasteiger partial charge < -0.3 is 0 Å². The zero-order valence-corrected chi connectivity index (χ0v) is 10.5. The molecule has 3 aromatic rings. The second-order valence-corrected chi connectivity index (χ2v) is 4.93. The summed E-state index contributed by atoms with van der Waals surface area (Å²) in [6, 6.07) is 10.4. The molecule has 0 saturated heterocycles. The molecule has 4 nitrogen and oxygen atoms in total. The molecule has 0 aliphatic carbocycles. The van der Waals surface area contributed by atoms with Gasteiger partial charge in [0.15, 0.2) is 0 Å². The highest BCUT2D eigenvalue weighted by Gasteiger charge is 2.04. The van der Waals surface area contributed by atoms with Crippen LogP contribution in [0.4, 0.5) is 0 Å². The van der Waals surface area contributed by atoms with Crippen molar-refractivity contribution in [2.24, 2.45) is 0 Å². The Morgan fingerprint density at radius 1 is 1.17 bits per heavy atom. The standard InChI is InChI=1S/C13H12N4S/c1-2-4-11(5-3-1)6-13-16-12(8-18-13)7-17-10-14-9-15-17/h1-5,8-10H,6-7H2. The molecule has 0 radical (unpaired) electrons. The Hall–Kier alpha value is -2.01. The average molecular weight is 256 g/mol. The van der Waals surface area contributed by atoms with Gasteiger partial charge in [0.05, 0.1) is 17.2 Å². The van der Waals surface area contributed by atoms with Crippen LogP contribution in [0, 0.1) is 0 Å². The summed E-state index contributed by atoms with van der Waals surface area (Å²) in [6.07, 6.45) is 4.14. The van der Waals surface area contributed by atoms with Gasteiger partial charge in [-0.05, 0) is 5.56 Å². The van der Waals surface area contributed by atoms with Gasteiger partial charge in [0, 0.05) is 11.8 Å². The maximum Gasteiger partial charge on any atom is 0.137 e. The Balaban J connectivity index is 1.70. The Kier molecular flexibility index (Phi) is 3.14.